The number of Topliss-reactive ketones (excluding diaryl/α,β-unsaturated/α-hetero) is 1. The molecule has 0 heterocycles. The minimum atomic E-state index is -4.08. The number of carbonyl (C=O) groups excluding carboxylic acids is 2. The SMILES string of the molecule is CCCCCC(=O)Cc1cc(Cl)ccc1S(=O)(=O)NC(=O)NCCC. The number of hydrogen-bond donors (Lipinski definition) is 2. The summed E-state index contributed by atoms with van der Waals surface area (Å²) in [4.78, 5) is 23.7. The first-order valence-electron chi connectivity index (χ1n) is 8.41. The van der Waals surface area contributed by atoms with Crippen LogP contribution in [0.1, 0.15) is 51.5 Å². The lowest BCUT2D eigenvalue weighted by molar-refractivity contribution is -0.118. The van der Waals surface area contributed by atoms with E-state index < -0.39 is 16.1 Å². The van der Waals surface area contributed by atoms with Crippen LogP contribution in [0.3, 0.4) is 0 Å². The van der Waals surface area contributed by atoms with Crippen molar-refractivity contribution in [2.75, 3.05) is 6.54 Å². The third-order valence-electron chi connectivity index (χ3n) is 3.52. The van der Waals surface area contributed by atoms with E-state index in [1.165, 1.54) is 18.2 Å². The van der Waals surface area contributed by atoms with Crippen molar-refractivity contribution in [3.05, 3.63) is 28.8 Å². The normalized spacial score (nSPS) is 11.2. The maximum absolute atomic E-state index is 12.5. The van der Waals surface area contributed by atoms with E-state index in [-0.39, 0.29) is 17.1 Å². The number of sulfonamides is 1. The predicted molar refractivity (Wildman–Crippen MR) is 98.3 cm³/mol. The maximum atomic E-state index is 12.5. The van der Waals surface area contributed by atoms with E-state index in [0.29, 0.717) is 30.0 Å². The minimum absolute atomic E-state index is 0.0307. The first-order chi connectivity index (χ1) is 11.8. The van der Waals surface area contributed by atoms with Crippen LogP contribution in [0.5, 0.6) is 0 Å². The van der Waals surface area contributed by atoms with Crippen LogP contribution in [0.25, 0.3) is 0 Å². The second-order valence-corrected chi connectivity index (χ2v) is 7.87. The van der Waals surface area contributed by atoms with E-state index in [1.54, 1.807) is 0 Å². The van der Waals surface area contributed by atoms with Crippen molar-refractivity contribution in [3.8, 4) is 0 Å². The van der Waals surface area contributed by atoms with Gasteiger partial charge in [0.25, 0.3) is 10.0 Å². The van der Waals surface area contributed by atoms with Crippen LogP contribution in [-0.4, -0.2) is 26.8 Å². The highest BCUT2D eigenvalue weighted by molar-refractivity contribution is 7.90. The van der Waals surface area contributed by atoms with Crippen LogP contribution in [-0.2, 0) is 21.2 Å². The lowest BCUT2D eigenvalue weighted by Crippen LogP contribution is -2.40. The van der Waals surface area contributed by atoms with Crippen molar-refractivity contribution < 1.29 is 18.0 Å². The summed E-state index contributed by atoms with van der Waals surface area (Å²) >= 11 is 5.95. The zero-order valence-corrected chi connectivity index (χ0v) is 16.2. The van der Waals surface area contributed by atoms with Crippen LogP contribution in [0, 0.1) is 0 Å². The molecule has 1 aromatic carbocycles. The fourth-order valence-corrected chi connectivity index (χ4v) is 3.62. The van der Waals surface area contributed by atoms with Gasteiger partial charge in [0.1, 0.15) is 5.78 Å². The summed E-state index contributed by atoms with van der Waals surface area (Å²) in [5, 5.41) is 2.78. The van der Waals surface area contributed by atoms with Gasteiger partial charge in [-0.1, -0.05) is 38.3 Å². The highest BCUT2D eigenvalue weighted by Crippen LogP contribution is 2.22. The van der Waals surface area contributed by atoms with E-state index in [9.17, 15) is 18.0 Å². The Morgan fingerprint density at radius 2 is 1.84 bits per heavy atom. The van der Waals surface area contributed by atoms with Gasteiger partial charge in [-0.15, -0.1) is 0 Å². The summed E-state index contributed by atoms with van der Waals surface area (Å²) < 4.78 is 26.9. The molecule has 0 aliphatic rings. The van der Waals surface area contributed by atoms with E-state index in [0.717, 1.165) is 19.3 Å². The molecule has 140 valence electrons. The van der Waals surface area contributed by atoms with Gasteiger partial charge in [0.2, 0.25) is 0 Å². The van der Waals surface area contributed by atoms with Gasteiger partial charge in [-0.25, -0.2) is 17.9 Å². The number of nitrogens with one attached hydrogen (secondary N) is 2. The Bertz CT molecular complexity index is 705. The largest absolute Gasteiger partial charge is 0.337 e. The topological polar surface area (TPSA) is 92.3 Å². The standard InChI is InChI=1S/C17H25ClN2O4S/c1-3-5-6-7-15(21)12-13-11-14(18)8-9-16(13)25(23,24)20-17(22)19-10-4-2/h8-9,11H,3-7,10,12H2,1-2H3,(H2,19,20,22). The van der Waals surface area contributed by atoms with Crippen molar-refractivity contribution in [2.24, 2.45) is 0 Å². The van der Waals surface area contributed by atoms with Gasteiger partial charge < -0.3 is 5.32 Å². The second-order valence-electron chi connectivity index (χ2n) is 5.79. The van der Waals surface area contributed by atoms with Crippen molar-refractivity contribution in [1.82, 2.24) is 10.0 Å². The van der Waals surface area contributed by atoms with E-state index in [2.05, 4.69) is 5.32 Å². The van der Waals surface area contributed by atoms with E-state index >= 15 is 0 Å². The Hall–Kier alpha value is -1.60. The first-order valence-corrected chi connectivity index (χ1v) is 10.3. The number of benzene rings is 1. The monoisotopic (exact) mass is 388 g/mol. The van der Waals surface area contributed by atoms with Gasteiger partial charge in [-0.05, 0) is 36.6 Å². The molecule has 0 spiro atoms. The smallest absolute Gasteiger partial charge is 0.328 e. The van der Waals surface area contributed by atoms with Crippen molar-refractivity contribution in [2.45, 2.75) is 57.3 Å². The molecule has 2 N–H and O–H groups in total. The molecule has 0 atom stereocenters. The number of unbranched alkanes of at least 4 members (excludes halogenated alkanes) is 2. The molecule has 0 saturated heterocycles. The maximum Gasteiger partial charge on any atom is 0.328 e. The summed E-state index contributed by atoms with van der Waals surface area (Å²) in [6.45, 7) is 4.27. The Morgan fingerprint density at radius 3 is 2.48 bits per heavy atom. The fraction of sp³-hybridized carbons (Fsp3) is 0.529. The molecule has 0 saturated carbocycles. The van der Waals surface area contributed by atoms with Crippen LogP contribution >= 0.6 is 11.6 Å². The molecular formula is C17H25ClN2O4S. The summed E-state index contributed by atoms with van der Waals surface area (Å²) in [7, 11) is -4.08. The summed E-state index contributed by atoms with van der Waals surface area (Å²) in [6, 6.07) is 3.40. The molecule has 1 rings (SSSR count). The van der Waals surface area contributed by atoms with Gasteiger partial charge >= 0.3 is 6.03 Å². The summed E-state index contributed by atoms with van der Waals surface area (Å²) in [6.07, 6.45) is 3.77. The Balaban J connectivity index is 2.95. The number of hydrogen-bond acceptors (Lipinski definition) is 4. The van der Waals surface area contributed by atoms with Gasteiger partial charge in [0, 0.05) is 24.4 Å². The highest BCUT2D eigenvalue weighted by atomic mass is 35.5. The molecule has 0 aromatic heterocycles. The van der Waals surface area contributed by atoms with Crippen molar-refractivity contribution >= 4 is 33.4 Å². The quantitative estimate of drug-likeness (QED) is 0.600. The molecule has 1 aromatic rings. The average Bonchev–Trinajstić information content (AvgIpc) is 2.52. The molecule has 0 unspecified atom stereocenters. The molecule has 8 heteroatoms. The number of amides is 2. The van der Waals surface area contributed by atoms with E-state index in [1.807, 2.05) is 18.6 Å². The number of ketones is 1. The lowest BCUT2D eigenvalue weighted by Gasteiger charge is -2.12. The Kier molecular flexibility index (Phi) is 8.92. The zero-order chi connectivity index (χ0) is 18.9. The van der Waals surface area contributed by atoms with Gasteiger partial charge in [-0.2, -0.15) is 0 Å². The number of halogens is 1. The third-order valence-corrected chi connectivity index (χ3v) is 5.19. The number of urea groups is 1. The lowest BCUT2D eigenvalue weighted by atomic mass is 10.0. The predicted octanol–water partition coefficient (Wildman–Crippen LogP) is 3.43. The molecule has 6 nitrogen and oxygen atoms in total. The second kappa shape index (κ2) is 10.4. The highest BCUT2D eigenvalue weighted by Gasteiger charge is 2.22. The Morgan fingerprint density at radius 1 is 1.12 bits per heavy atom. The fourth-order valence-electron chi connectivity index (χ4n) is 2.27. The molecule has 25 heavy (non-hydrogen) atoms. The van der Waals surface area contributed by atoms with Crippen molar-refractivity contribution in [3.63, 3.8) is 0 Å². The summed E-state index contributed by atoms with van der Waals surface area (Å²) in [5.74, 6) is -0.0531. The molecular weight excluding hydrogens is 364 g/mol. The van der Waals surface area contributed by atoms with Gasteiger partial charge in [0.15, 0.2) is 0 Å². The number of rotatable bonds is 10. The molecule has 0 aliphatic heterocycles. The molecule has 0 aliphatic carbocycles. The van der Waals surface area contributed by atoms with Crippen LogP contribution in [0.15, 0.2) is 23.1 Å². The molecule has 0 radical (unpaired) electrons. The van der Waals surface area contributed by atoms with Crippen LogP contribution in [0.4, 0.5) is 4.79 Å². The first kappa shape index (κ1) is 21.4. The average molecular weight is 389 g/mol. The van der Waals surface area contributed by atoms with Crippen LogP contribution in [0.2, 0.25) is 5.02 Å². The van der Waals surface area contributed by atoms with Crippen LogP contribution < -0.4 is 10.0 Å². The molecule has 0 bridgehead atoms. The molecule has 0 fully saturated rings. The van der Waals surface area contributed by atoms with Crippen molar-refractivity contribution in [1.29, 1.82) is 0 Å². The van der Waals surface area contributed by atoms with Gasteiger partial charge in [-0.3, -0.25) is 4.79 Å². The molecule has 2 amide bonds. The minimum Gasteiger partial charge on any atom is -0.337 e. The Labute approximate surface area is 154 Å². The zero-order valence-electron chi connectivity index (χ0n) is 14.6. The van der Waals surface area contributed by atoms with E-state index in [4.69, 9.17) is 11.6 Å². The number of carbonyl (C=O) groups is 2. The third kappa shape index (κ3) is 7.44. The summed E-state index contributed by atoms with van der Waals surface area (Å²) in [5.41, 5.74) is 0.296. The van der Waals surface area contributed by atoms with Gasteiger partial charge in [0.05, 0.1) is 4.90 Å².